The van der Waals surface area contributed by atoms with Crippen LogP contribution in [0, 0.1) is 0 Å². The van der Waals surface area contributed by atoms with Crippen molar-refractivity contribution in [1.82, 2.24) is 14.9 Å². The smallest absolute Gasteiger partial charge is 0.238 e. The Kier molecular flexibility index (Phi) is 5.49. The van der Waals surface area contributed by atoms with Crippen LogP contribution in [0.1, 0.15) is 13.3 Å². The molecule has 7 nitrogen and oxygen atoms in total. The molecule has 0 bridgehead atoms. The number of amides is 1. The predicted molar refractivity (Wildman–Crippen MR) is 69.4 cm³/mol. The summed E-state index contributed by atoms with van der Waals surface area (Å²) in [5.74, 6) is -0.529. The van der Waals surface area contributed by atoms with Crippen molar-refractivity contribution < 1.29 is 17.9 Å². The number of nitrogens with one attached hydrogen (secondary N) is 1. The van der Waals surface area contributed by atoms with E-state index < -0.39 is 21.0 Å². The number of ether oxygens (including phenoxy) is 1. The number of imidazole rings is 1. The normalized spacial score (nSPS) is 13.2. The van der Waals surface area contributed by atoms with Crippen molar-refractivity contribution in [3.8, 4) is 0 Å². The van der Waals surface area contributed by atoms with Gasteiger partial charge in [0.1, 0.15) is 5.25 Å². The molecule has 1 N–H and O–H groups in total. The van der Waals surface area contributed by atoms with Crippen LogP contribution in [0.2, 0.25) is 0 Å². The molecular weight excluding hydrogens is 270 g/mol. The Morgan fingerprint density at radius 1 is 1.58 bits per heavy atom. The fourth-order valence-electron chi connectivity index (χ4n) is 1.50. The highest BCUT2D eigenvalue weighted by molar-refractivity contribution is 7.92. The monoisotopic (exact) mass is 289 g/mol. The molecule has 1 heterocycles. The first-order chi connectivity index (χ1) is 8.91. The maximum absolute atomic E-state index is 12.2. The molecule has 0 aliphatic carbocycles. The van der Waals surface area contributed by atoms with Gasteiger partial charge in [-0.2, -0.15) is 0 Å². The van der Waals surface area contributed by atoms with Gasteiger partial charge in [-0.25, -0.2) is 13.4 Å². The van der Waals surface area contributed by atoms with Crippen molar-refractivity contribution in [2.24, 2.45) is 7.05 Å². The molecule has 0 saturated carbocycles. The second-order valence-corrected chi connectivity index (χ2v) is 6.31. The highest BCUT2D eigenvalue weighted by Crippen LogP contribution is 2.13. The molecule has 1 aromatic rings. The fourth-order valence-corrected chi connectivity index (χ4v) is 2.85. The summed E-state index contributed by atoms with van der Waals surface area (Å²) in [7, 11) is -0.622. The van der Waals surface area contributed by atoms with Crippen LogP contribution in [0.3, 0.4) is 0 Å². The minimum absolute atomic E-state index is 0.105. The third-order valence-corrected chi connectivity index (χ3v) is 4.74. The van der Waals surface area contributed by atoms with E-state index in [1.807, 2.05) is 0 Å². The van der Waals surface area contributed by atoms with Crippen molar-refractivity contribution >= 4 is 15.7 Å². The third-order valence-electron chi connectivity index (χ3n) is 2.69. The van der Waals surface area contributed by atoms with Gasteiger partial charge in [-0.1, -0.05) is 0 Å². The van der Waals surface area contributed by atoms with E-state index in [1.165, 1.54) is 23.9 Å². The lowest BCUT2D eigenvalue weighted by molar-refractivity contribution is -0.120. The molecule has 0 aromatic carbocycles. The molecule has 8 heteroatoms. The Morgan fingerprint density at radius 3 is 2.79 bits per heavy atom. The van der Waals surface area contributed by atoms with Gasteiger partial charge in [-0.15, -0.1) is 0 Å². The Morgan fingerprint density at radius 2 is 2.26 bits per heavy atom. The first-order valence-electron chi connectivity index (χ1n) is 5.89. The number of hydrogen-bond acceptors (Lipinski definition) is 5. The molecule has 0 fully saturated rings. The van der Waals surface area contributed by atoms with Gasteiger partial charge in [-0.3, -0.25) is 4.79 Å². The van der Waals surface area contributed by atoms with Gasteiger partial charge in [0, 0.05) is 39.7 Å². The minimum Gasteiger partial charge on any atom is -0.385 e. The van der Waals surface area contributed by atoms with E-state index in [-0.39, 0.29) is 5.16 Å². The molecule has 19 heavy (non-hydrogen) atoms. The number of aromatic nitrogens is 2. The van der Waals surface area contributed by atoms with Crippen LogP contribution in [0.25, 0.3) is 0 Å². The van der Waals surface area contributed by atoms with Gasteiger partial charge < -0.3 is 14.6 Å². The van der Waals surface area contributed by atoms with E-state index in [0.717, 1.165) is 0 Å². The number of hydrogen-bond donors (Lipinski definition) is 1. The number of aryl methyl sites for hydroxylation is 1. The summed E-state index contributed by atoms with van der Waals surface area (Å²) in [5.41, 5.74) is 0. The third kappa shape index (κ3) is 3.77. The number of rotatable bonds is 7. The summed E-state index contributed by atoms with van der Waals surface area (Å²) >= 11 is 0. The second-order valence-electron chi connectivity index (χ2n) is 4.15. The van der Waals surface area contributed by atoms with E-state index in [0.29, 0.717) is 19.6 Å². The Bertz CT molecular complexity index is 524. The maximum atomic E-state index is 12.2. The average Bonchev–Trinajstić information content (AvgIpc) is 2.80. The average molecular weight is 289 g/mol. The Labute approximate surface area is 112 Å². The van der Waals surface area contributed by atoms with E-state index in [9.17, 15) is 13.2 Å². The zero-order chi connectivity index (χ0) is 14.5. The molecule has 1 rings (SSSR count). The number of carbonyl (C=O) groups is 1. The van der Waals surface area contributed by atoms with Gasteiger partial charge in [0.05, 0.1) is 0 Å². The second kappa shape index (κ2) is 6.67. The molecule has 0 spiro atoms. The summed E-state index contributed by atoms with van der Waals surface area (Å²) in [6.45, 7) is 2.25. The van der Waals surface area contributed by atoms with Crippen molar-refractivity contribution in [3.63, 3.8) is 0 Å². The van der Waals surface area contributed by atoms with E-state index in [1.54, 1.807) is 14.2 Å². The molecular formula is C11H19N3O4S. The zero-order valence-electron chi connectivity index (χ0n) is 11.3. The summed E-state index contributed by atoms with van der Waals surface area (Å²) in [6.07, 6.45) is 3.55. The molecule has 1 unspecified atom stereocenters. The van der Waals surface area contributed by atoms with Crippen LogP contribution in [-0.2, 0) is 26.4 Å². The Balaban J connectivity index is 2.69. The zero-order valence-corrected chi connectivity index (χ0v) is 12.1. The summed E-state index contributed by atoms with van der Waals surface area (Å²) in [4.78, 5) is 15.6. The van der Waals surface area contributed by atoms with E-state index in [2.05, 4.69) is 10.3 Å². The van der Waals surface area contributed by atoms with Gasteiger partial charge in [0.15, 0.2) is 0 Å². The van der Waals surface area contributed by atoms with Crippen molar-refractivity contribution in [1.29, 1.82) is 0 Å². The Hall–Kier alpha value is -1.41. The van der Waals surface area contributed by atoms with Gasteiger partial charge in [0.2, 0.25) is 20.9 Å². The summed E-state index contributed by atoms with van der Waals surface area (Å²) in [6, 6.07) is 0. The van der Waals surface area contributed by atoms with Crippen molar-refractivity contribution in [3.05, 3.63) is 12.4 Å². The topological polar surface area (TPSA) is 90.3 Å². The van der Waals surface area contributed by atoms with Gasteiger partial charge in [-0.05, 0) is 13.3 Å². The maximum Gasteiger partial charge on any atom is 0.238 e. The molecule has 1 atom stereocenters. The minimum atomic E-state index is -3.76. The van der Waals surface area contributed by atoms with E-state index in [4.69, 9.17) is 4.74 Å². The largest absolute Gasteiger partial charge is 0.385 e. The number of methoxy groups -OCH3 is 1. The van der Waals surface area contributed by atoms with Crippen LogP contribution >= 0.6 is 0 Å². The van der Waals surface area contributed by atoms with Crippen molar-refractivity contribution in [2.45, 2.75) is 23.8 Å². The first-order valence-corrected chi connectivity index (χ1v) is 7.43. The van der Waals surface area contributed by atoms with Crippen molar-refractivity contribution in [2.75, 3.05) is 20.3 Å². The first kappa shape index (κ1) is 15.6. The quantitative estimate of drug-likeness (QED) is 0.698. The van der Waals surface area contributed by atoms with E-state index >= 15 is 0 Å². The SMILES string of the molecule is COCCCNC(=O)C(C)S(=O)(=O)c1nccn1C. The van der Waals surface area contributed by atoms with Crippen LogP contribution in [0.5, 0.6) is 0 Å². The molecule has 108 valence electrons. The standard InChI is InChI=1S/C11H19N3O4S/c1-9(10(15)12-5-4-8-18-3)19(16,17)11-13-6-7-14(11)2/h6-7,9H,4-5,8H2,1-3H3,(H,12,15). The molecule has 0 aliphatic heterocycles. The van der Waals surface area contributed by atoms with Crippen LogP contribution in [0.4, 0.5) is 0 Å². The summed E-state index contributed by atoms with van der Waals surface area (Å²) in [5, 5.41) is 1.29. The van der Waals surface area contributed by atoms with Gasteiger partial charge >= 0.3 is 0 Å². The van der Waals surface area contributed by atoms with Crippen LogP contribution < -0.4 is 5.32 Å². The highest BCUT2D eigenvalue weighted by Gasteiger charge is 2.32. The fraction of sp³-hybridized carbons (Fsp3) is 0.636. The van der Waals surface area contributed by atoms with Gasteiger partial charge in [0.25, 0.3) is 0 Å². The highest BCUT2D eigenvalue weighted by atomic mass is 32.2. The molecule has 0 aliphatic rings. The number of carbonyl (C=O) groups excluding carboxylic acids is 1. The lowest BCUT2D eigenvalue weighted by Gasteiger charge is -2.12. The van der Waals surface area contributed by atoms with Crippen LogP contribution in [-0.4, -0.2) is 49.4 Å². The van der Waals surface area contributed by atoms with Crippen LogP contribution in [0.15, 0.2) is 17.6 Å². The molecule has 0 saturated heterocycles. The molecule has 0 radical (unpaired) electrons. The number of sulfone groups is 1. The lowest BCUT2D eigenvalue weighted by atomic mass is 10.4. The molecule has 1 amide bonds. The predicted octanol–water partition coefficient (Wildman–Crippen LogP) is -0.265. The molecule has 1 aromatic heterocycles. The lowest BCUT2D eigenvalue weighted by Crippen LogP contribution is -2.39. The summed E-state index contributed by atoms with van der Waals surface area (Å²) < 4.78 is 30.6. The number of nitrogens with zero attached hydrogens (tertiary/aromatic N) is 2.